The molecular weight excluding hydrogens is 204 g/mol. The molecule has 0 saturated carbocycles. The molecule has 0 aromatic carbocycles. The molecule has 0 heterocycles. The van der Waals surface area contributed by atoms with E-state index in [9.17, 15) is 13.6 Å². The van der Waals surface area contributed by atoms with Gasteiger partial charge in [-0.3, -0.25) is 4.79 Å². The molecule has 1 unspecified atom stereocenters. The first kappa shape index (κ1) is 12.6. The van der Waals surface area contributed by atoms with Gasteiger partial charge in [-0.1, -0.05) is 0 Å². The molecule has 1 atom stereocenters. The van der Waals surface area contributed by atoms with Crippen molar-refractivity contribution < 1.29 is 18.3 Å². The van der Waals surface area contributed by atoms with Crippen molar-refractivity contribution in [3.05, 3.63) is 0 Å². The topological polar surface area (TPSA) is 52.3 Å². The van der Waals surface area contributed by atoms with Crippen molar-refractivity contribution >= 4 is 17.6 Å². The van der Waals surface area contributed by atoms with E-state index < -0.39 is 23.8 Å². The Balaban J connectivity index is 3.74. The van der Waals surface area contributed by atoms with Gasteiger partial charge in [-0.05, 0) is 24.9 Å². The summed E-state index contributed by atoms with van der Waals surface area (Å²) in [6.07, 6.45) is -0.816. The molecule has 2 N–H and O–H groups in total. The summed E-state index contributed by atoms with van der Waals surface area (Å²) in [6, 6.07) is -1.02. The van der Waals surface area contributed by atoms with Gasteiger partial charge in [-0.25, -0.2) is 0 Å². The van der Waals surface area contributed by atoms with Crippen molar-refractivity contribution in [1.29, 1.82) is 0 Å². The zero-order valence-electron chi connectivity index (χ0n) is 7.23. The molecular formula is C7H12ClF2NO2. The highest BCUT2D eigenvalue weighted by atomic mass is 35.5. The summed E-state index contributed by atoms with van der Waals surface area (Å²) in [7, 11) is 0. The number of hydrogen-bond acceptors (Lipinski definition) is 3. The van der Waals surface area contributed by atoms with E-state index in [0.29, 0.717) is 0 Å². The van der Waals surface area contributed by atoms with E-state index >= 15 is 0 Å². The third-order valence-electron chi connectivity index (χ3n) is 1.33. The fourth-order valence-corrected chi connectivity index (χ4v) is 0.795. The Morgan fingerprint density at radius 3 is 2.62 bits per heavy atom. The zero-order chi connectivity index (χ0) is 10.5. The summed E-state index contributed by atoms with van der Waals surface area (Å²) in [5, 5.41) is -3.30. The smallest absolute Gasteiger partial charge is 0.322 e. The lowest BCUT2D eigenvalue weighted by Crippen LogP contribution is -2.33. The van der Waals surface area contributed by atoms with Crippen LogP contribution in [0, 0.1) is 0 Å². The largest absolute Gasteiger partial charge is 0.465 e. The van der Waals surface area contributed by atoms with Crippen molar-refractivity contribution in [3.8, 4) is 0 Å². The fourth-order valence-electron chi connectivity index (χ4n) is 0.686. The maximum Gasteiger partial charge on any atom is 0.322 e. The second-order valence-electron chi connectivity index (χ2n) is 2.51. The van der Waals surface area contributed by atoms with Crippen molar-refractivity contribution in [2.75, 3.05) is 6.61 Å². The summed E-state index contributed by atoms with van der Waals surface area (Å²) in [4.78, 5) is 10.8. The number of esters is 1. The van der Waals surface area contributed by atoms with Gasteiger partial charge in [-0.15, -0.1) is 0 Å². The highest BCUT2D eigenvalue weighted by Crippen LogP contribution is 2.25. The summed E-state index contributed by atoms with van der Waals surface area (Å²) in [6.45, 7) is 1.80. The van der Waals surface area contributed by atoms with Crippen LogP contribution in [0.5, 0.6) is 0 Å². The number of halogens is 3. The standard InChI is InChI=1S/C7H12ClF2NO2/c1-2-13-6(12)5(11)3-4-7(8,9)10/h5H,2-4,11H2,1H3. The van der Waals surface area contributed by atoms with Crippen LogP contribution in [0.2, 0.25) is 0 Å². The van der Waals surface area contributed by atoms with Gasteiger partial charge >= 0.3 is 11.4 Å². The molecule has 0 amide bonds. The molecule has 0 bridgehead atoms. The van der Waals surface area contributed by atoms with Crippen LogP contribution in [0.1, 0.15) is 19.8 Å². The highest BCUT2D eigenvalue weighted by molar-refractivity contribution is 6.21. The molecule has 0 saturated heterocycles. The number of ether oxygens (including phenoxy) is 1. The third-order valence-corrected chi connectivity index (χ3v) is 1.52. The molecule has 0 rings (SSSR count). The average Bonchev–Trinajstić information content (AvgIpc) is 1.99. The highest BCUT2D eigenvalue weighted by Gasteiger charge is 2.27. The van der Waals surface area contributed by atoms with Gasteiger partial charge in [0, 0.05) is 6.42 Å². The second kappa shape index (κ2) is 5.34. The van der Waals surface area contributed by atoms with E-state index in [-0.39, 0.29) is 13.0 Å². The molecule has 0 aliphatic heterocycles. The predicted molar refractivity (Wildman–Crippen MR) is 44.6 cm³/mol. The van der Waals surface area contributed by atoms with Crippen LogP contribution in [0.15, 0.2) is 0 Å². The van der Waals surface area contributed by atoms with Crippen LogP contribution >= 0.6 is 11.6 Å². The number of nitrogens with two attached hydrogens (primary N) is 1. The van der Waals surface area contributed by atoms with Gasteiger partial charge in [0.2, 0.25) is 0 Å². The maximum absolute atomic E-state index is 12.1. The van der Waals surface area contributed by atoms with Crippen LogP contribution in [0.3, 0.4) is 0 Å². The minimum atomic E-state index is -3.30. The molecule has 3 nitrogen and oxygen atoms in total. The molecule has 0 spiro atoms. The van der Waals surface area contributed by atoms with E-state index in [1.807, 2.05) is 0 Å². The average molecular weight is 216 g/mol. The first-order chi connectivity index (χ1) is 5.87. The van der Waals surface area contributed by atoms with Crippen molar-refractivity contribution in [3.63, 3.8) is 0 Å². The molecule has 0 aliphatic rings. The molecule has 0 radical (unpaired) electrons. The molecule has 0 aromatic rings. The minimum Gasteiger partial charge on any atom is -0.465 e. The Morgan fingerprint density at radius 1 is 1.69 bits per heavy atom. The van der Waals surface area contributed by atoms with Gasteiger partial charge in [-0.2, -0.15) is 8.78 Å². The van der Waals surface area contributed by atoms with Gasteiger partial charge in [0.15, 0.2) is 0 Å². The first-order valence-corrected chi connectivity index (χ1v) is 4.23. The number of alkyl halides is 3. The SMILES string of the molecule is CCOC(=O)C(N)CCC(F)(F)Cl. The Labute approximate surface area is 80.2 Å². The van der Waals surface area contributed by atoms with Crippen molar-refractivity contribution in [2.24, 2.45) is 5.73 Å². The quantitative estimate of drug-likeness (QED) is 0.559. The summed E-state index contributed by atoms with van der Waals surface area (Å²) in [5.41, 5.74) is 5.24. The molecule has 6 heteroatoms. The van der Waals surface area contributed by atoms with Crippen LogP contribution in [0.25, 0.3) is 0 Å². The Hall–Kier alpha value is -0.420. The van der Waals surface area contributed by atoms with Gasteiger partial charge in [0.25, 0.3) is 0 Å². The summed E-state index contributed by atoms with van der Waals surface area (Å²) in [5.74, 6) is -0.677. The van der Waals surface area contributed by atoms with Crippen molar-refractivity contribution in [2.45, 2.75) is 31.2 Å². The van der Waals surface area contributed by atoms with Gasteiger partial charge < -0.3 is 10.5 Å². The van der Waals surface area contributed by atoms with E-state index in [4.69, 9.17) is 5.73 Å². The van der Waals surface area contributed by atoms with Crippen LogP contribution in [-0.2, 0) is 9.53 Å². The van der Waals surface area contributed by atoms with Crippen LogP contribution in [-0.4, -0.2) is 24.0 Å². The zero-order valence-corrected chi connectivity index (χ0v) is 7.98. The van der Waals surface area contributed by atoms with Gasteiger partial charge in [0.1, 0.15) is 6.04 Å². The lowest BCUT2D eigenvalue weighted by molar-refractivity contribution is -0.145. The van der Waals surface area contributed by atoms with E-state index in [0.717, 1.165) is 0 Å². The summed E-state index contributed by atoms with van der Waals surface area (Å²) >= 11 is 4.62. The van der Waals surface area contributed by atoms with Crippen LogP contribution < -0.4 is 5.73 Å². The Bertz CT molecular complexity index is 172. The number of hydrogen-bond donors (Lipinski definition) is 1. The minimum absolute atomic E-state index is 0.184. The molecule has 13 heavy (non-hydrogen) atoms. The first-order valence-electron chi connectivity index (χ1n) is 3.85. The normalized spacial score (nSPS) is 13.9. The lowest BCUT2D eigenvalue weighted by atomic mass is 10.2. The predicted octanol–water partition coefficient (Wildman–Crippen LogP) is 1.49. The number of rotatable bonds is 5. The lowest BCUT2D eigenvalue weighted by Gasteiger charge is -2.12. The van der Waals surface area contributed by atoms with E-state index in [1.165, 1.54) is 0 Å². The molecule has 0 aromatic heterocycles. The second-order valence-corrected chi connectivity index (χ2v) is 3.07. The van der Waals surface area contributed by atoms with E-state index in [2.05, 4.69) is 16.3 Å². The molecule has 0 fully saturated rings. The van der Waals surface area contributed by atoms with Gasteiger partial charge in [0.05, 0.1) is 6.61 Å². The Morgan fingerprint density at radius 2 is 2.23 bits per heavy atom. The monoisotopic (exact) mass is 215 g/mol. The summed E-state index contributed by atoms with van der Waals surface area (Å²) < 4.78 is 28.7. The maximum atomic E-state index is 12.1. The van der Waals surface area contributed by atoms with Crippen molar-refractivity contribution in [1.82, 2.24) is 0 Å². The number of carbonyl (C=O) groups excluding carboxylic acids is 1. The third kappa shape index (κ3) is 6.72. The molecule has 0 aliphatic carbocycles. The number of carbonyl (C=O) groups is 1. The molecule has 78 valence electrons. The van der Waals surface area contributed by atoms with E-state index in [1.54, 1.807) is 6.92 Å². The fraction of sp³-hybridized carbons (Fsp3) is 0.857. The Kier molecular flexibility index (Phi) is 5.17. The van der Waals surface area contributed by atoms with Crippen LogP contribution in [0.4, 0.5) is 8.78 Å².